The molecule has 0 aliphatic heterocycles. The van der Waals surface area contributed by atoms with E-state index < -0.39 is 0 Å². The summed E-state index contributed by atoms with van der Waals surface area (Å²) < 4.78 is 0. The Morgan fingerprint density at radius 2 is 0.704 bits per heavy atom. The zero-order valence-electron chi connectivity index (χ0n) is 18.9. The lowest BCUT2D eigenvalue weighted by Gasteiger charge is -2.18. The SMILES string of the molecule is CCCCCCCCCCCCN([C]=S)CCCCCCCCCCCC. The van der Waals surface area contributed by atoms with Crippen molar-refractivity contribution in [2.75, 3.05) is 13.1 Å². The van der Waals surface area contributed by atoms with Crippen molar-refractivity contribution in [3.8, 4) is 0 Å². The number of thiocarbonyl (C=S) groups is 1. The van der Waals surface area contributed by atoms with Crippen molar-refractivity contribution < 1.29 is 0 Å². The molecule has 0 unspecified atom stereocenters. The van der Waals surface area contributed by atoms with Crippen LogP contribution in [-0.4, -0.2) is 23.5 Å². The molecule has 161 valence electrons. The van der Waals surface area contributed by atoms with Gasteiger partial charge in [0.1, 0.15) is 5.49 Å². The van der Waals surface area contributed by atoms with Crippen LogP contribution in [0.15, 0.2) is 0 Å². The summed E-state index contributed by atoms with van der Waals surface area (Å²) in [4.78, 5) is 2.25. The second-order valence-corrected chi connectivity index (χ2v) is 8.62. The fourth-order valence-corrected chi connectivity index (χ4v) is 3.97. The van der Waals surface area contributed by atoms with Crippen molar-refractivity contribution in [3.05, 3.63) is 0 Å². The van der Waals surface area contributed by atoms with Gasteiger partial charge in [0.25, 0.3) is 0 Å². The van der Waals surface area contributed by atoms with Crippen molar-refractivity contribution in [1.29, 1.82) is 0 Å². The number of unbranched alkanes of at least 4 members (excludes halogenated alkanes) is 18. The van der Waals surface area contributed by atoms with Gasteiger partial charge in [0, 0.05) is 13.1 Å². The first-order chi connectivity index (χ1) is 13.3. The van der Waals surface area contributed by atoms with Gasteiger partial charge in [-0.15, -0.1) is 0 Å². The van der Waals surface area contributed by atoms with Gasteiger partial charge in [-0.1, -0.05) is 142 Å². The fraction of sp³-hybridized carbons (Fsp3) is 0.960. The van der Waals surface area contributed by atoms with E-state index in [0.717, 1.165) is 13.1 Å². The van der Waals surface area contributed by atoms with Gasteiger partial charge < -0.3 is 4.90 Å². The van der Waals surface area contributed by atoms with Crippen LogP contribution in [0.5, 0.6) is 0 Å². The van der Waals surface area contributed by atoms with Gasteiger partial charge >= 0.3 is 0 Å². The summed E-state index contributed by atoms with van der Waals surface area (Å²) in [7, 11) is 0. The van der Waals surface area contributed by atoms with Crippen LogP contribution in [0.25, 0.3) is 0 Å². The number of hydrogen-bond acceptors (Lipinski definition) is 1. The first-order valence-corrected chi connectivity index (χ1v) is 12.9. The minimum atomic E-state index is 1.12. The molecule has 0 aromatic carbocycles. The molecule has 0 fully saturated rings. The molecule has 0 heterocycles. The summed E-state index contributed by atoms with van der Waals surface area (Å²) in [5, 5.41) is 0. The number of hydrogen-bond donors (Lipinski definition) is 0. The molecule has 27 heavy (non-hydrogen) atoms. The molecule has 0 bridgehead atoms. The molecule has 0 aliphatic rings. The largest absolute Gasteiger partial charge is 0.360 e. The highest BCUT2D eigenvalue weighted by Crippen LogP contribution is 2.12. The molecule has 1 radical (unpaired) electrons. The van der Waals surface area contributed by atoms with E-state index in [4.69, 9.17) is 12.2 Å². The van der Waals surface area contributed by atoms with E-state index in [-0.39, 0.29) is 0 Å². The molecule has 0 spiro atoms. The van der Waals surface area contributed by atoms with Crippen LogP contribution in [0, 0.1) is 0 Å². The quantitative estimate of drug-likeness (QED) is 0.0962. The van der Waals surface area contributed by atoms with Gasteiger partial charge in [-0.25, -0.2) is 0 Å². The Kier molecular flexibility index (Phi) is 23.8. The first-order valence-electron chi connectivity index (χ1n) is 12.5. The maximum atomic E-state index is 5.09. The normalized spacial score (nSPS) is 11.0. The molecule has 0 aromatic rings. The smallest absolute Gasteiger partial charge is 0.136 e. The van der Waals surface area contributed by atoms with E-state index in [1.165, 1.54) is 128 Å². The van der Waals surface area contributed by atoms with Crippen LogP contribution in [0.4, 0.5) is 0 Å². The van der Waals surface area contributed by atoms with Crippen LogP contribution < -0.4 is 0 Å². The van der Waals surface area contributed by atoms with E-state index in [1.54, 1.807) is 0 Å². The van der Waals surface area contributed by atoms with E-state index in [0.29, 0.717) is 0 Å². The monoisotopic (exact) mass is 396 g/mol. The standard InChI is InChI=1S/C25H50NS/c1-3-5-7-9-11-13-15-17-19-21-23-26(25-27)24-22-20-18-16-14-12-10-8-6-4-2/h3-24H2,1-2H3. The van der Waals surface area contributed by atoms with Gasteiger partial charge in [0.2, 0.25) is 0 Å². The third-order valence-corrected chi connectivity index (χ3v) is 5.95. The minimum absolute atomic E-state index is 1.12. The molecule has 0 amide bonds. The maximum absolute atomic E-state index is 5.09. The Balaban J connectivity index is 3.29. The lowest BCUT2D eigenvalue weighted by molar-refractivity contribution is 0.397. The zero-order chi connectivity index (χ0) is 19.8. The van der Waals surface area contributed by atoms with Crippen molar-refractivity contribution in [3.63, 3.8) is 0 Å². The Bertz CT molecular complexity index is 255. The van der Waals surface area contributed by atoms with E-state index in [2.05, 4.69) is 24.2 Å². The van der Waals surface area contributed by atoms with Crippen LogP contribution in [0.3, 0.4) is 0 Å². The maximum Gasteiger partial charge on any atom is 0.136 e. The summed E-state index contributed by atoms with van der Waals surface area (Å²) in [6.07, 6.45) is 28.0. The predicted molar refractivity (Wildman–Crippen MR) is 128 cm³/mol. The lowest BCUT2D eigenvalue weighted by atomic mass is 10.1. The number of rotatable bonds is 23. The van der Waals surface area contributed by atoms with E-state index in [9.17, 15) is 0 Å². The van der Waals surface area contributed by atoms with E-state index >= 15 is 0 Å². The lowest BCUT2D eigenvalue weighted by Crippen LogP contribution is -2.23. The third-order valence-electron chi connectivity index (χ3n) is 5.69. The zero-order valence-corrected chi connectivity index (χ0v) is 19.7. The first kappa shape index (κ1) is 26.9. The molecule has 2 heteroatoms. The topological polar surface area (TPSA) is 3.24 Å². The van der Waals surface area contributed by atoms with Gasteiger partial charge in [-0.2, -0.15) is 0 Å². The fourth-order valence-electron chi connectivity index (χ4n) is 3.78. The van der Waals surface area contributed by atoms with Gasteiger partial charge in [0.05, 0.1) is 0 Å². The highest BCUT2D eigenvalue weighted by molar-refractivity contribution is 7.78. The second kappa shape index (κ2) is 23.9. The number of nitrogens with zero attached hydrogens (tertiary/aromatic N) is 1. The van der Waals surface area contributed by atoms with Crippen LogP contribution >= 0.6 is 12.2 Å². The minimum Gasteiger partial charge on any atom is -0.360 e. The average Bonchev–Trinajstić information content (AvgIpc) is 2.69. The average molecular weight is 397 g/mol. The highest BCUT2D eigenvalue weighted by Gasteiger charge is 2.01. The van der Waals surface area contributed by atoms with Crippen LogP contribution in [0.1, 0.15) is 142 Å². The third kappa shape index (κ3) is 22.0. The second-order valence-electron chi connectivity index (χ2n) is 8.44. The van der Waals surface area contributed by atoms with Crippen LogP contribution in [0.2, 0.25) is 0 Å². The van der Waals surface area contributed by atoms with Gasteiger partial charge in [-0.05, 0) is 12.8 Å². The molecular weight excluding hydrogens is 346 g/mol. The van der Waals surface area contributed by atoms with Crippen LogP contribution in [-0.2, 0) is 0 Å². The molecule has 0 N–H and O–H groups in total. The molecule has 1 nitrogen and oxygen atoms in total. The summed E-state index contributed by atoms with van der Waals surface area (Å²) in [5.41, 5.74) is 2.98. The molecule has 0 atom stereocenters. The van der Waals surface area contributed by atoms with Crippen molar-refractivity contribution in [2.45, 2.75) is 142 Å². The van der Waals surface area contributed by atoms with Gasteiger partial charge in [-0.3, -0.25) is 0 Å². The van der Waals surface area contributed by atoms with Crippen molar-refractivity contribution in [1.82, 2.24) is 4.90 Å². The van der Waals surface area contributed by atoms with Crippen molar-refractivity contribution in [2.24, 2.45) is 0 Å². The van der Waals surface area contributed by atoms with Crippen molar-refractivity contribution >= 4 is 17.7 Å². The summed E-state index contributed by atoms with van der Waals surface area (Å²) in [6, 6.07) is 0. The molecular formula is C25H50NS. The summed E-state index contributed by atoms with van der Waals surface area (Å²) in [6.45, 7) is 6.82. The molecule has 0 saturated heterocycles. The molecule has 0 saturated carbocycles. The summed E-state index contributed by atoms with van der Waals surface area (Å²) in [5.74, 6) is 0. The Labute approximate surface area is 178 Å². The Morgan fingerprint density at radius 3 is 0.963 bits per heavy atom. The Morgan fingerprint density at radius 1 is 0.444 bits per heavy atom. The molecule has 0 aromatic heterocycles. The molecule has 0 aliphatic carbocycles. The molecule has 0 rings (SSSR count). The predicted octanol–water partition coefficient (Wildman–Crippen LogP) is 8.96. The van der Waals surface area contributed by atoms with Gasteiger partial charge in [0.15, 0.2) is 0 Å². The summed E-state index contributed by atoms with van der Waals surface area (Å²) >= 11 is 5.09. The van der Waals surface area contributed by atoms with E-state index in [1.807, 2.05) is 0 Å². The Hall–Kier alpha value is -0.110. The highest BCUT2D eigenvalue weighted by atomic mass is 32.1.